The van der Waals surface area contributed by atoms with Crippen molar-refractivity contribution < 1.29 is 13.9 Å². The number of nitrogens with one attached hydrogen (secondary N) is 2. The lowest BCUT2D eigenvalue weighted by Gasteiger charge is -2.15. The summed E-state index contributed by atoms with van der Waals surface area (Å²) in [5.74, 6) is -0.233. The van der Waals surface area contributed by atoms with Gasteiger partial charge in [0.1, 0.15) is 11.6 Å². The summed E-state index contributed by atoms with van der Waals surface area (Å²) in [5, 5.41) is 5.90. The average molecular weight is 400 g/mol. The van der Waals surface area contributed by atoms with Crippen LogP contribution in [0.3, 0.4) is 0 Å². The molecule has 28 heavy (non-hydrogen) atoms. The minimum Gasteiger partial charge on any atom is -0.489 e. The second-order valence-electron chi connectivity index (χ2n) is 6.33. The number of benzene rings is 2. The molecule has 1 heterocycles. The molecule has 0 spiro atoms. The van der Waals surface area contributed by atoms with Crippen molar-refractivity contribution in [3.63, 3.8) is 0 Å². The molecule has 0 saturated carbocycles. The molecule has 3 rings (SSSR count). The molecular formula is C21H19ClFN3O2. The Morgan fingerprint density at radius 3 is 2.64 bits per heavy atom. The van der Waals surface area contributed by atoms with Crippen LogP contribution in [0.4, 0.5) is 21.5 Å². The molecule has 0 unspecified atom stereocenters. The van der Waals surface area contributed by atoms with Gasteiger partial charge in [-0.2, -0.15) is 0 Å². The predicted molar refractivity (Wildman–Crippen MR) is 109 cm³/mol. The summed E-state index contributed by atoms with van der Waals surface area (Å²) in [6.45, 7) is 3.83. The third kappa shape index (κ3) is 4.98. The van der Waals surface area contributed by atoms with Crippen LogP contribution in [0.5, 0.6) is 5.75 Å². The van der Waals surface area contributed by atoms with Gasteiger partial charge in [0.2, 0.25) is 0 Å². The predicted octanol–water partition coefficient (Wildman–Crippen LogP) is 5.66. The van der Waals surface area contributed by atoms with Crippen LogP contribution < -0.4 is 15.4 Å². The zero-order valence-electron chi connectivity index (χ0n) is 15.4. The van der Waals surface area contributed by atoms with Gasteiger partial charge in [0.15, 0.2) is 0 Å². The van der Waals surface area contributed by atoms with Crippen molar-refractivity contribution in [2.24, 2.45) is 0 Å². The lowest BCUT2D eigenvalue weighted by Crippen LogP contribution is -2.15. The van der Waals surface area contributed by atoms with E-state index < -0.39 is 5.82 Å². The number of aromatic nitrogens is 1. The summed E-state index contributed by atoms with van der Waals surface area (Å²) in [4.78, 5) is 16.7. The fourth-order valence-corrected chi connectivity index (χ4v) is 2.67. The molecule has 0 aliphatic heterocycles. The summed E-state index contributed by atoms with van der Waals surface area (Å²) < 4.78 is 19.0. The normalized spacial score (nSPS) is 10.6. The van der Waals surface area contributed by atoms with Gasteiger partial charge in [-0.1, -0.05) is 23.7 Å². The topological polar surface area (TPSA) is 63.2 Å². The number of anilines is 3. The van der Waals surface area contributed by atoms with Crippen LogP contribution >= 0.6 is 11.6 Å². The molecule has 144 valence electrons. The first-order valence-electron chi connectivity index (χ1n) is 8.66. The van der Waals surface area contributed by atoms with E-state index in [4.69, 9.17) is 16.3 Å². The highest BCUT2D eigenvalue weighted by molar-refractivity contribution is 6.31. The van der Waals surface area contributed by atoms with E-state index >= 15 is 0 Å². The number of nitrogens with zero attached hydrogens (tertiary/aromatic N) is 1. The lowest BCUT2D eigenvalue weighted by molar-refractivity contribution is 0.102. The maximum atomic E-state index is 13.3. The van der Waals surface area contributed by atoms with Gasteiger partial charge in [0.05, 0.1) is 34.3 Å². The molecule has 0 radical (unpaired) electrons. The Morgan fingerprint density at radius 1 is 1.11 bits per heavy atom. The molecule has 3 aromatic rings. The van der Waals surface area contributed by atoms with Crippen molar-refractivity contribution in [3.8, 4) is 5.75 Å². The second-order valence-corrected chi connectivity index (χ2v) is 6.74. The number of halogens is 2. The molecule has 0 fully saturated rings. The van der Waals surface area contributed by atoms with Crippen LogP contribution in [-0.2, 0) is 0 Å². The van der Waals surface area contributed by atoms with Crippen molar-refractivity contribution in [3.05, 3.63) is 77.3 Å². The maximum absolute atomic E-state index is 13.3. The van der Waals surface area contributed by atoms with Gasteiger partial charge in [0.25, 0.3) is 5.91 Å². The molecule has 5 nitrogen and oxygen atoms in total. The van der Waals surface area contributed by atoms with Crippen LogP contribution in [0.25, 0.3) is 0 Å². The Bertz CT molecular complexity index is 995. The SMILES string of the molecule is CC(C)Oc1ccccc1NC(=O)c1cncc(Nc2ccc(F)c(Cl)c2)c1. The summed E-state index contributed by atoms with van der Waals surface area (Å²) in [5.41, 5.74) is 2.09. The highest BCUT2D eigenvalue weighted by Crippen LogP contribution is 2.26. The third-order valence-corrected chi connectivity index (χ3v) is 4.00. The number of hydrogen-bond donors (Lipinski definition) is 2. The Kier molecular flexibility index (Phi) is 6.11. The van der Waals surface area contributed by atoms with E-state index in [0.717, 1.165) is 0 Å². The molecule has 1 amide bonds. The van der Waals surface area contributed by atoms with Crippen molar-refractivity contribution in [1.82, 2.24) is 4.98 Å². The van der Waals surface area contributed by atoms with Gasteiger partial charge in [-0.05, 0) is 50.2 Å². The molecular weight excluding hydrogens is 381 g/mol. The summed E-state index contributed by atoms with van der Waals surface area (Å²) in [7, 11) is 0. The number of carbonyl (C=O) groups is 1. The van der Waals surface area contributed by atoms with Gasteiger partial charge in [-0.25, -0.2) is 4.39 Å². The van der Waals surface area contributed by atoms with Crippen LogP contribution in [0.2, 0.25) is 5.02 Å². The Labute approximate surface area is 167 Å². The smallest absolute Gasteiger partial charge is 0.257 e. The highest BCUT2D eigenvalue weighted by atomic mass is 35.5. The minimum absolute atomic E-state index is 0.00798. The number of para-hydroxylation sites is 2. The molecule has 0 aliphatic carbocycles. The number of rotatable bonds is 6. The third-order valence-electron chi connectivity index (χ3n) is 3.71. The van der Waals surface area contributed by atoms with Crippen molar-refractivity contribution in [2.75, 3.05) is 10.6 Å². The molecule has 0 aliphatic rings. The van der Waals surface area contributed by atoms with Crippen molar-refractivity contribution in [1.29, 1.82) is 0 Å². The zero-order valence-corrected chi connectivity index (χ0v) is 16.1. The minimum atomic E-state index is -0.499. The van der Waals surface area contributed by atoms with Crippen LogP contribution in [-0.4, -0.2) is 17.0 Å². The molecule has 0 atom stereocenters. The van der Waals surface area contributed by atoms with E-state index in [9.17, 15) is 9.18 Å². The maximum Gasteiger partial charge on any atom is 0.257 e. The standard InChI is InChI=1S/C21H19ClFN3O2/c1-13(2)28-20-6-4-3-5-19(20)26-21(27)14-9-16(12-24-11-14)25-15-7-8-18(23)17(22)10-15/h3-13,25H,1-2H3,(H,26,27). The molecule has 1 aromatic heterocycles. The van der Waals surface area contributed by atoms with E-state index in [1.807, 2.05) is 26.0 Å². The lowest BCUT2D eigenvalue weighted by atomic mass is 10.2. The van der Waals surface area contributed by atoms with Gasteiger partial charge in [0, 0.05) is 11.9 Å². The molecule has 7 heteroatoms. The molecule has 0 saturated heterocycles. The monoisotopic (exact) mass is 399 g/mol. The van der Waals surface area contributed by atoms with E-state index in [0.29, 0.717) is 28.4 Å². The quantitative estimate of drug-likeness (QED) is 0.561. The van der Waals surface area contributed by atoms with Gasteiger partial charge >= 0.3 is 0 Å². The number of amides is 1. The van der Waals surface area contributed by atoms with Crippen LogP contribution in [0, 0.1) is 5.82 Å². The van der Waals surface area contributed by atoms with Crippen molar-refractivity contribution >= 4 is 34.6 Å². The number of pyridine rings is 1. The van der Waals surface area contributed by atoms with E-state index in [1.165, 1.54) is 18.3 Å². The Hall–Kier alpha value is -3.12. The van der Waals surface area contributed by atoms with Crippen LogP contribution in [0.15, 0.2) is 60.9 Å². The van der Waals surface area contributed by atoms with Gasteiger partial charge in [-0.3, -0.25) is 9.78 Å². The van der Waals surface area contributed by atoms with E-state index in [-0.39, 0.29) is 17.0 Å². The second kappa shape index (κ2) is 8.71. The fraction of sp³-hybridized carbons (Fsp3) is 0.143. The van der Waals surface area contributed by atoms with Gasteiger partial charge < -0.3 is 15.4 Å². The first-order valence-corrected chi connectivity index (χ1v) is 9.04. The van der Waals surface area contributed by atoms with E-state index in [2.05, 4.69) is 15.6 Å². The largest absolute Gasteiger partial charge is 0.489 e. The fourth-order valence-electron chi connectivity index (χ4n) is 2.49. The number of ether oxygens (including phenoxy) is 1. The zero-order chi connectivity index (χ0) is 20.1. The average Bonchev–Trinajstić information content (AvgIpc) is 2.66. The highest BCUT2D eigenvalue weighted by Gasteiger charge is 2.12. The van der Waals surface area contributed by atoms with Crippen LogP contribution in [0.1, 0.15) is 24.2 Å². The summed E-state index contributed by atoms with van der Waals surface area (Å²) >= 11 is 5.80. The first kappa shape index (κ1) is 19.6. The summed E-state index contributed by atoms with van der Waals surface area (Å²) in [6.07, 6.45) is 3.00. The number of hydrogen-bond acceptors (Lipinski definition) is 4. The first-order chi connectivity index (χ1) is 13.4. The Morgan fingerprint density at radius 2 is 1.89 bits per heavy atom. The molecule has 2 aromatic carbocycles. The molecule has 2 N–H and O–H groups in total. The number of carbonyl (C=O) groups excluding carboxylic acids is 1. The van der Waals surface area contributed by atoms with E-state index in [1.54, 1.807) is 30.5 Å². The summed E-state index contributed by atoms with van der Waals surface area (Å²) in [6, 6.07) is 13.1. The Balaban J connectivity index is 1.76. The molecule has 0 bridgehead atoms. The van der Waals surface area contributed by atoms with Gasteiger partial charge in [-0.15, -0.1) is 0 Å². The van der Waals surface area contributed by atoms with Crippen molar-refractivity contribution in [2.45, 2.75) is 20.0 Å².